The van der Waals surface area contributed by atoms with E-state index in [4.69, 9.17) is 4.74 Å². The SMILES string of the molecule is O=S([O-])OS(=O)(=O)Cc1ccccc1OCc1ccccc1.[Na+]. The smallest absolute Gasteiger partial charge is 0.749 e. The molecule has 2 aromatic rings. The van der Waals surface area contributed by atoms with Gasteiger partial charge in [-0.2, -0.15) is 12.0 Å². The van der Waals surface area contributed by atoms with Crippen molar-refractivity contribution in [2.24, 2.45) is 0 Å². The zero-order valence-electron chi connectivity index (χ0n) is 12.4. The van der Waals surface area contributed by atoms with Gasteiger partial charge < -0.3 is 9.29 Å². The topological polar surface area (TPSA) is 92.7 Å². The Kier molecular flexibility index (Phi) is 8.41. The molecule has 0 aromatic heterocycles. The number of benzene rings is 2. The molecule has 23 heavy (non-hydrogen) atoms. The zero-order chi connectivity index (χ0) is 16.0. The fraction of sp³-hybridized carbons (Fsp3) is 0.143. The summed E-state index contributed by atoms with van der Waals surface area (Å²) in [6.45, 7) is 0.270. The van der Waals surface area contributed by atoms with Crippen LogP contribution in [0.4, 0.5) is 0 Å². The van der Waals surface area contributed by atoms with Crippen molar-refractivity contribution >= 4 is 21.5 Å². The van der Waals surface area contributed by atoms with E-state index in [0.29, 0.717) is 11.3 Å². The summed E-state index contributed by atoms with van der Waals surface area (Å²) in [5.74, 6) is -0.235. The number of ether oxygens (including phenoxy) is 1. The molecule has 0 fully saturated rings. The average molecular weight is 364 g/mol. The van der Waals surface area contributed by atoms with Crippen LogP contribution in [0, 0.1) is 0 Å². The summed E-state index contributed by atoms with van der Waals surface area (Å²) in [5.41, 5.74) is 1.25. The Labute approximate surface area is 159 Å². The Balaban J connectivity index is 0.00000264. The Morgan fingerprint density at radius 1 is 1.00 bits per heavy atom. The Morgan fingerprint density at radius 2 is 1.61 bits per heavy atom. The first-order valence-corrected chi connectivity index (χ1v) is 8.80. The van der Waals surface area contributed by atoms with Crippen molar-refractivity contribution < 1.29 is 55.1 Å². The maximum absolute atomic E-state index is 11.6. The van der Waals surface area contributed by atoms with E-state index in [9.17, 15) is 17.2 Å². The molecule has 0 radical (unpaired) electrons. The van der Waals surface area contributed by atoms with Gasteiger partial charge in [-0.05, 0) is 11.6 Å². The van der Waals surface area contributed by atoms with Crippen LogP contribution in [0.1, 0.15) is 11.1 Å². The molecule has 2 rings (SSSR count). The molecular weight excluding hydrogens is 351 g/mol. The summed E-state index contributed by atoms with van der Waals surface area (Å²) in [5, 5.41) is 0. The molecule has 1 atom stereocenters. The largest absolute Gasteiger partial charge is 1.00 e. The van der Waals surface area contributed by atoms with Crippen LogP contribution in [0.15, 0.2) is 54.6 Å². The third kappa shape index (κ3) is 7.13. The van der Waals surface area contributed by atoms with Gasteiger partial charge in [-0.3, -0.25) is 0 Å². The summed E-state index contributed by atoms with van der Waals surface area (Å²) in [7, 11) is -4.23. The van der Waals surface area contributed by atoms with Gasteiger partial charge in [0.25, 0.3) is 10.1 Å². The van der Waals surface area contributed by atoms with Gasteiger partial charge in [0.1, 0.15) is 29.5 Å². The van der Waals surface area contributed by atoms with E-state index in [1.54, 1.807) is 18.2 Å². The first-order chi connectivity index (χ1) is 10.5. The third-order valence-electron chi connectivity index (χ3n) is 2.70. The Morgan fingerprint density at radius 3 is 2.26 bits per heavy atom. The molecule has 0 saturated heterocycles. The van der Waals surface area contributed by atoms with Gasteiger partial charge in [0, 0.05) is 5.56 Å². The molecule has 118 valence electrons. The van der Waals surface area contributed by atoms with Gasteiger partial charge in [-0.1, -0.05) is 48.5 Å². The number of para-hydroxylation sites is 1. The summed E-state index contributed by atoms with van der Waals surface area (Å²) < 4.78 is 53.4. The Hall–Kier alpha value is -0.740. The predicted octanol–water partition coefficient (Wildman–Crippen LogP) is -1.09. The summed E-state index contributed by atoms with van der Waals surface area (Å²) in [6.07, 6.45) is 0. The van der Waals surface area contributed by atoms with Crippen LogP contribution in [-0.2, 0) is 37.5 Å². The zero-order valence-corrected chi connectivity index (χ0v) is 16.0. The van der Waals surface area contributed by atoms with E-state index in [1.807, 2.05) is 30.3 Å². The molecule has 0 N–H and O–H groups in total. The van der Waals surface area contributed by atoms with Crippen LogP contribution in [-0.4, -0.2) is 17.2 Å². The molecule has 0 heterocycles. The normalized spacial score (nSPS) is 12.2. The second-order valence-electron chi connectivity index (χ2n) is 4.36. The minimum Gasteiger partial charge on any atom is -0.749 e. The van der Waals surface area contributed by atoms with Gasteiger partial charge in [0.05, 0.1) is 0 Å². The molecule has 1 unspecified atom stereocenters. The first kappa shape index (κ1) is 20.3. The van der Waals surface area contributed by atoms with Crippen LogP contribution in [0.3, 0.4) is 0 Å². The predicted molar refractivity (Wildman–Crippen MR) is 79.8 cm³/mol. The van der Waals surface area contributed by atoms with Gasteiger partial charge in [0.2, 0.25) is 0 Å². The van der Waals surface area contributed by atoms with Crippen molar-refractivity contribution in [3.8, 4) is 5.75 Å². The van der Waals surface area contributed by atoms with Crippen molar-refractivity contribution in [2.75, 3.05) is 0 Å². The fourth-order valence-corrected chi connectivity index (χ4v) is 3.29. The second kappa shape index (κ2) is 9.53. The molecule has 0 spiro atoms. The first-order valence-electron chi connectivity index (χ1n) is 6.23. The summed E-state index contributed by atoms with van der Waals surface area (Å²) in [4.78, 5) is 0. The molecule has 0 amide bonds. The van der Waals surface area contributed by atoms with Gasteiger partial charge in [-0.15, -0.1) is 0 Å². The van der Waals surface area contributed by atoms with Crippen LogP contribution in [0.2, 0.25) is 0 Å². The second-order valence-corrected chi connectivity index (χ2v) is 6.71. The van der Waals surface area contributed by atoms with E-state index in [-0.39, 0.29) is 36.2 Å². The van der Waals surface area contributed by atoms with Crippen molar-refractivity contribution in [1.82, 2.24) is 0 Å². The van der Waals surface area contributed by atoms with Crippen molar-refractivity contribution in [1.29, 1.82) is 0 Å². The van der Waals surface area contributed by atoms with E-state index in [2.05, 4.69) is 3.63 Å². The van der Waals surface area contributed by atoms with Crippen molar-refractivity contribution in [2.45, 2.75) is 12.4 Å². The summed E-state index contributed by atoms with van der Waals surface area (Å²) in [6, 6.07) is 15.9. The average Bonchev–Trinajstić information content (AvgIpc) is 2.45. The van der Waals surface area contributed by atoms with Crippen LogP contribution in [0.5, 0.6) is 5.75 Å². The molecule has 6 nitrogen and oxygen atoms in total. The monoisotopic (exact) mass is 364 g/mol. The molecule has 2 aromatic carbocycles. The fourth-order valence-electron chi connectivity index (χ4n) is 1.80. The maximum atomic E-state index is 11.6. The van der Waals surface area contributed by atoms with E-state index >= 15 is 0 Å². The van der Waals surface area contributed by atoms with Crippen LogP contribution >= 0.6 is 0 Å². The maximum Gasteiger partial charge on any atom is 1.00 e. The molecular formula is C14H13NaO6S2. The number of rotatable bonds is 7. The van der Waals surface area contributed by atoms with Crippen molar-refractivity contribution in [3.63, 3.8) is 0 Å². The minimum absolute atomic E-state index is 0. The van der Waals surface area contributed by atoms with E-state index < -0.39 is 27.2 Å². The molecule has 0 aliphatic carbocycles. The van der Waals surface area contributed by atoms with Gasteiger partial charge in [0.15, 0.2) is 0 Å². The van der Waals surface area contributed by atoms with Crippen molar-refractivity contribution in [3.05, 3.63) is 65.7 Å². The minimum atomic E-state index is -4.23. The van der Waals surface area contributed by atoms with Crippen LogP contribution < -0.4 is 34.3 Å². The van der Waals surface area contributed by atoms with E-state index in [0.717, 1.165) is 5.56 Å². The van der Waals surface area contributed by atoms with E-state index in [1.165, 1.54) is 6.07 Å². The standard InChI is InChI=1S/C14H14O6S2.Na/c15-21(16)20-22(17,18)11-13-8-4-5-9-14(13)19-10-12-6-2-1-3-7-12;/h1-9H,10-11H2,(H,15,16);/q;+1/p-1. The number of hydrogen-bond acceptors (Lipinski definition) is 6. The van der Waals surface area contributed by atoms with Crippen LogP contribution in [0.25, 0.3) is 0 Å². The molecule has 9 heteroatoms. The molecule has 0 bridgehead atoms. The molecule has 0 saturated carbocycles. The quantitative estimate of drug-likeness (QED) is 0.458. The third-order valence-corrected chi connectivity index (χ3v) is 4.64. The molecule has 0 aliphatic heterocycles. The van der Waals surface area contributed by atoms with Gasteiger partial charge >= 0.3 is 29.6 Å². The van der Waals surface area contributed by atoms with Gasteiger partial charge in [-0.25, -0.2) is 4.21 Å². The molecule has 0 aliphatic rings. The summed E-state index contributed by atoms with van der Waals surface area (Å²) >= 11 is -3.13. The number of hydrogen-bond donors (Lipinski definition) is 0. The Bertz CT molecular complexity index is 749.